The summed E-state index contributed by atoms with van der Waals surface area (Å²) in [6.07, 6.45) is 0. The van der Waals surface area contributed by atoms with Crippen molar-refractivity contribution in [2.45, 2.75) is 13.0 Å². The van der Waals surface area contributed by atoms with Crippen molar-refractivity contribution < 1.29 is 13.9 Å². The minimum absolute atomic E-state index is 0.121. The standard InChI is InChI=1S/C16H15ClFNO2/c1-11(12-2-4-13(17)5-3-12)19-16(20)10-21-15-8-6-14(18)7-9-15/h2-9,11H,10H2,1H3,(H,19,20)/t11-/m0/s1. The molecule has 1 amide bonds. The van der Waals surface area contributed by atoms with Crippen molar-refractivity contribution in [3.63, 3.8) is 0 Å². The molecule has 2 aromatic rings. The quantitative estimate of drug-likeness (QED) is 0.914. The van der Waals surface area contributed by atoms with Gasteiger partial charge in [0, 0.05) is 5.02 Å². The number of rotatable bonds is 5. The van der Waals surface area contributed by atoms with Gasteiger partial charge in [-0.25, -0.2) is 4.39 Å². The lowest BCUT2D eigenvalue weighted by Crippen LogP contribution is -2.31. The molecule has 0 spiro atoms. The number of carbonyl (C=O) groups is 1. The Labute approximate surface area is 127 Å². The minimum Gasteiger partial charge on any atom is -0.484 e. The lowest BCUT2D eigenvalue weighted by Gasteiger charge is -2.14. The van der Waals surface area contributed by atoms with Crippen LogP contribution in [0.3, 0.4) is 0 Å². The summed E-state index contributed by atoms with van der Waals surface area (Å²) in [5.74, 6) is -0.143. The molecule has 0 bridgehead atoms. The van der Waals surface area contributed by atoms with Crippen LogP contribution in [0.5, 0.6) is 5.75 Å². The van der Waals surface area contributed by atoms with Gasteiger partial charge in [0.25, 0.3) is 5.91 Å². The van der Waals surface area contributed by atoms with Crippen molar-refractivity contribution in [1.29, 1.82) is 0 Å². The number of ether oxygens (including phenoxy) is 1. The van der Waals surface area contributed by atoms with Crippen molar-refractivity contribution >= 4 is 17.5 Å². The zero-order valence-electron chi connectivity index (χ0n) is 11.5. The molecule has 0 aliphatic heterocycles. The molecular weight excluding hydrogens is 293 g/mol. The Morgan fingerprint density at radius 1 is 1.19 bits per heavy atom. The second-order valence-corrected chi connectivity index (χ2v) is 5.02. The van der Waals surface area contributed by atoms with E-state index < -0.39 is 0 Å². The SMILES string of the molecule is C[C@H](NC(=O)COc1ccc(F)cc1)c1ccc(Cl)cc1. The first-order valence-electron chi connectivity index (χ1n) is 6.48. The number of benzene rings is 2. The van der Waals surface area contributed by atoms with Crippen LogP contribution < -0.4 is 10.1 Å². The van der Waals surface area contributed by atoms with Crippen molar-refractivity contribution in [3.05, 3.63) is 64.9 Å². The number of amides is 1. The van der Waals surface area contributed by atoms with Gasteiger partial charge in [0.2, 0.25) is 0 Å². The van der Waals surface area contributed by atoms with E-state index in [0.717, 1.165) is 5.56 Å². The van der Waals surface area contributed by atoms with Gasteiger partial charge in [-0.15, -0.1) is 0 Å². The molecule has 2 rings (SSSR count). The highest BCUT2D eigenvalue weighted by Gasteiger charge is 2.10. The monoisotopic (exact) mass is 307 g/mol. The van der Waals surface area contributed by atoms with Crippen LogP contribution in [0.1, 0.15) is 18.5 Å². The Bertz CT molecular complexity index is 599. The molecule has 2 aromatic carbocycles. The van der Waals surface area contributed by atoms with Gasteiger partial charge in [0.15, 0.2) is 6.61 Å². The topological polar surface area (TPSA) is 38.3 Å². The Kier molecular flexibility index (Phi) is 5.17. The number of hydrogen-bond acceptors (Lipinski definition) is 2. The predicted molar refractivity (Wildman–Crippen MR) is 79.9 cm³/mol. The van der Waals surface area contributed by atoms with E-state index in [1.165, 1.54) is 24.3 Å². The van der Waals surface area contributed by atoms with Gasteiger partial charge in [-0.1, -0.05) is 23.7 Å². The third-order valence-electron chi connectivity index (χ3n) is 2.93. The summed E-state index contributed by atoms with van der Waals surface area (Å²) < 4.78 is 18.0. The lowest BCUT2D eigenvalue weighted by atomic mass is 10.1. The predicted octanol–water partition coefficient (Wildman–Crippen LogP) is 3.74. The molecule has 0 saturated carbocycles. The van der Waals surface area contributed by atoms with Gasteiger partial charge >= 0.3 is 0 Å². The molecular formula is C16H15ClFNO2. The smallest absolute Gasteiger partial charge is 0.258 e. The molecule has 0 heterocycles. The maximum absolute atomic E-state index is 12.7. The number of carbonyl (C=O) groups excluding carboxylic acids is 1. The molecule has 1 atom stereocenters. The highest BCUT2D eigenvalue weighted by atomic mass is 35.5. The zero-order chi connectivity index (χ0) is 15.2. The van der Waals surface area contributed by atoms with E-state index >= 15 is 0 Å². The Morgan fingerprint density at radius 3 is 2.43 bits per heavy atom. The zero-order valence-corrected chi connectivity index (χ0v) is 12.2. The largest absolute Gasteiger partial charge is 0.484 e. The fourth-order valence-electron chi connectivity index (χ4n) is 1.80. The van der Waals surface area contributed by atoms with E-state index in [1.54, 1.807) is 12.1 Å². The van der Waals surface area contributed by atoms with Crippen LogP contribution >= 0.6 is 11.6 Å². The summed E-state index contributed by atoms with van der Waals surface area (Å²) in [7, 11) is 0. The molecule has 1 N–H and O–H groups in total. The summed E-state index contributed by atoms with van der Waals surface area (Å²) in [4.78, 5) is 11.8. The summed E-state index contributed by atoms with van der Waals surface area (Å²) in [5, 5.41) is 3.47. The molecule has 0 aromatic heterocycles. The van der Waals surface area contributed by atoms with Crippen molar-refractivity contribution in [2.24, 2.45) is 0 Å². The first-order valence-corrected chi connectivity index (χ1v) is 6.85. The minimum atomic E-state index is -0.344. The molecule has 0 radical (unpaired) electrons. The van der Waals surface area contributed by atoms with E-state index in [2.05, 4.69) is 5.32 Å². The first-order chi connectivity index (χ1) is 10.0. The third-order valence-corrected chi connectivity index (χ3v) is 3.18. The van der Waals surface area contributed by atoms with Gasteiger partial charge in [0.05, 0.1) is 6.04 Å². The average molecular weight is 308 g/mol. The fraction of sp³-hybridized carbons (Fsp3) is 0.188. The molecule has 0 saturated heterocycles. The molecule has 21 heavy (non-hydrogen) atoms. The third kappa shape index (κ3) is 4.76. The van der Waals surface area contributed by atoms with E-state index in [1.807, 2.05) is 19.1 Å². The van der Waals surface area contributed by atoms with Gasteiger partial charge in [-0.3, -0.25) is 4.79 Å². The highest BCUT2D eigenvalue weighted by molar-refractivity contribution is 6.30. The molecule has 3 nitrogen and oxygen atoms in total. The van der Waals surface area contributed by atoms with E-state index in [-0.39, 0.29) is 24.4 Å². The van der Waals surface area contributed by atoms with Crippen LogP contribution in [-0.4, -0.2) is 12.5 Å². The van der Waals surface area contributed by atoms with Crippen LogP contribution in [0.25, 0.3) is 0 Å². The summed E-state index contributed by atoms with van der Waals surface area (Å²) in [6, 6.07) is 12.6. The Morgan fingerprint density at radius 2 is 1.81 bits per heavy atom. The second kappa shape index (κ2) is 7.09. The highest BCUT2D eigenvalue weighted by Crippen LogP contribution is 2.16. The van der Waals surface area contributed by atoms with E-state index in [0.29, 0.717) is 10.8 Å². The maximum atomic E-state index is 12.7. The van der Waals surface area contributed by atoms with Gasteiger partial charge in [-0.2, -0.15) is 0 Å². The van der Waals surface area contributed by atoms with Crippen LogP contribution in [0.15, 0.2) is 48.5 Å². The van der Waals surface area contributed by atoms with Gasteiger partial charge in [-0.05, 0) is 48.9 Å². The normalized spacial score (nSPS) is 11.8. The number of nitrogens with one attached hydrogen (secondary N) is 1. The van der Waals surface area contributed by atoms with Crippen molar-refractivity contribution in [2.75, 3.05) is 6.61 Å². The summed E-state index contributed by atoms with van der Waals surface area (Å²) in [5.41, 5.74) is 0.953. The van der Waals surface area contributed by atoms with Crippen LogP contribution in [0.2, 0.25) is 5.02 Å². The fourth-order valence-corrected chi connectivity index (χ4v) is 1.92. The van der Waals surface area contributed by atoms with Gasteiger partial charge < -0.3 is 10.1 Å². The molecule has 110 valence electrons. The van der Waals surface area contributed by atoms with E-state index in [9.17, 15) is 9.18 Å². The first kappa shape index (κ1) is 15.3. The average Bonchev–Trinajstić information content (AvgIpc) is 2.47. The van der Waals surface area contributed by atoms with E-state index in [4.69, 9.17) is 16.3 Å². The van der Waals surface area contributed by atoms with Crippen LogP contribution in [0.4, 0.5) is 4.39 Å². The Balaban J connectivity index is 1.83. The number of halogens is 2. The van der Waals surface area contributed by atoms with Crippen LogP contribution in [-0.2, 0) is 4.79 Å². The van der Waals surface area contributed by atoms with Crippen molar-refractivity contribution in [3.8, 4) is 5.75 Å². The number of hydrogen-bond donors (Lipinski definition) is 1. The Hall–Kier alpha value is -2.07. The summed E-state index contributed by atoms with van der Waals surface area (Å²) in [6.45, 7) is 1.75. The summed E-state index contributed by atoms with van der Waals surface area (Å²) >= 11 is 5.82. The molecule has 5 heteroatoms. The molecule has 0 aliphatic rings. The van der Waals surface area contributed by atoms with Crippen LogP contribution in [0, 0.1) is 5.82 Å². The second-order valence-electron chi connectivity index (χ2n) is 4.58. The maximum Gasteiger partial charge on any atom is 0.258 e. The molecule has 0 fully saturated rings. The molecule has 0 aliphatic carbocycles. The van der Waals surface area contributed by atoms with Gasteiger partial charge in [0.1, 0.15) is 11.6 Å². The lowest BCUT2D eigenvalue weighted by molar-refractivity contribution is -0.123. The van der Waals surface area contributed by atoms with Crippen molar-refractivity contribution in [1.82, 2.24) is 5.32 Å². The molecule has 0 unspecified atom stereocenters.